The molecule has 5 heterocycles. The minimum absolute atomic E-state index is 0.00485. The first-order valence-electron chi connectivity index (χ1n) is 12.8. The van der Waals surface area contributed by atoms with Crippen molar-refractivity contribution in [1.29, 1.82) is 0 Å². The van der Waals surface area contributed by atoms with Gasteiger partial charge in [0.1, 0.15) is 42.6 Å². The summed E-state index contributed by atoms with van der Waals surface area (Å²) < 4.78 is 83.5. The number of fused-ring (bicyclic) bond motifs is 1. The van der Waals surface area contributed by atoms with E-state index in [1.165, 1.54) is 10.9 Å². The first kappa shape index (κ1) is 32.7. The van der Waals surface area contributed by atoms with E-state index in [0.29, 0.717) is 0 Å². The molecule has 2 fully saturated rings. The summed E-state index contributed by atoms with van der Waals surface area (Å²) >= 11 is 0.797. The molecule has 9 atom stereocenters. The molecule has 2 aliphatic rings. The zero-order valence-corrected chi connectivity index (χ0v) is 24.8. The SMILES string of the molecule is Nc1ncnc2c1ncn2[C@@H]1O[C@H](CSP=O)[C@@H](F)[C@H]1OP(=O)(OO)OC[C@H]1O[C@@H](n2ccc(=O)[nH]c2=O)[C@H](CCO)[C@@H]1F. The molecule has 5 N–H and O–H groups in total. The summed E-state index contributed by atoms with van der Waals surface area (Å²) in [6, 6.07) is 1.01. The van der Waals surface area contributed by atoms with Crippen LogP contribution in [-0.2, 0) is 32.3 Å². The van der Waals surface area contributed by atoms with Gasteiger partial charge in [0.05, 0.1) is 12.9 Å². The number of hydrogen-bond acceptors (Lipinski definition) is 16. The molecule has 2 aliphatic heterocycles. The first-order valence-corrected chi connectivity index (χ1v) is 16.6. The Kier molecular flexibility index (Phi) is 10.2. The standard InChI is InChI=1S/C21H25F2N7O11P2S/c22-13-9(2-4-31)19(29-3-1-12(32)28-21(29)33)38-10(13)5-37-43(36,41-34)40-16-14(23)11(6-44-42-35)39-20(16)30-8-27-15-17(24)25-7-26-18(15)30/h1,3,7-11,13-14,16,19-20,31,34H,2,4-6H2,(H2,24,25,26)(H,28,32,33)/t9-,10-,11-,13+,14-,16-,19-,20-,43?/m1/s1. The largest absolute Gasteiger partial charge is 0.502 e. The fraction of sp³-hybridized carbons (Fsp3) is 0.571. The van der Waals surface area contributed by atoms with E-state index in [1.54, 1.807) is 0 Å². The third-order valence-corrected chi connectivity index (χ3v) is 9.51. The quantitative estimate of drug-likeness (QED) is 0.113. The number of hydrogen-bond donors (Lipinski definition) is 4. The van der Waals surface area contributed by atoms with Gasteiger partial charge < -0.3 is 20.3 Å². The number of nitrogen functional groups attached to an aromatic ring is 1. The van der Waals surface area contributed by atoms with E-state index in [0.717, 1.165) is 34.5 Å². The van der Waals surface area contributed by atoms with Gasteiger partial charge in [0.25, 0.3) is 5.56 Å². The molecule has 0 spiro atoms. The second-order valence-electron chi connectivity index (χ2n) is 9.56. The zero-order chi connectivity index (χ0) is 31.6. The van der Waals surface area contributed by atoms with Crippen molar-refractivity contribution in [2.24, 2.45) is 5.92 Å². The monoisotopic (exact) mass is 683 g/mol. The number of ether oxygens (including phenoxy) is 2. The van der Waals surface area contributed by atoms with Crippen molar-refractivity contribution >= 4 is 43.8 Å². The molecule has 240 valence electrons. The van der Waals surface area contributed by atoms with E-state index in [2.05, 4.69) is 19.6 Å². The molecular formula is C21H25F2N7O11P2S. The molecule has 0 radical (unpaired) electrons. The summed E-state index contributed by atoms with van der Waals surface area (Å²) in [5.74, 6) is -1.24. The maximum Gasteiger partial charge on any atom is 0.502 e. The number of nitrogens with one attached hydrogen (secondary N) is 1. The van der Waals surface area contributed by atoms with Crippen molar-refractivity contribution in [2.45, 2.75) is 49.5 Å². The Labute approximate surface area is 250 Å². The van der Waals surface area contributed by atoms with Gasteiger partial charge >= 0.3 is 13.5 Å². The number of rotatable bonds is 13. The summed E-state index contributed by atoms with van der Waals surface area (Å²) in [6.45, 7) is -1.37. The van der Waals surface area contributed by atoms with Crippen molar-refractivity contribution in [2.75, 3.05) is 24.7 Å². The lowest BCUT2D eigenvalue weighted by Crippen LogP contribution is -2.34. The summed E-state index contributed by atoms with van der Waals surface area (Å²) in [7, 11) is -5.47. The third kappa shape index (κ3) is 6.48. The number of aromatic nitrogens is 6. The van der Waals surface area contributed by atoms with Gasteiger partial charge in [-0.05, 0) is 6.42 Å². The Bertz CT molecular complexity index is 1650. The molecule has 44 heavy (non-hydrogen) atoms. The van der Waals surface area contributed by atoms with Crippen molar-refractivity contribution in [3.05, 3.63) is 45.8 Å². The number of H-pyrrole nitrogens is 1. The topological polar surface area (TPSA) is 245 Å². The Morgan fingerprint density at radius 1 is 1.16 bits per heavy atom. The van der Waals surface area contributed by atoms with Gasteiger partial charge in [0.15, 0.2) is 23.9 Å². The second kappa shape index (κ2) is 13.7. The van der Waals surface area contributed by atoms with Crippen molar-refractivity contribution in [1.82, 2.24) is 29.1 Å². The molecule has 3 aromatic heterocycles. The predicted molar refractivity (Wildman–Crippen MR) is 146 cm³/mol. The summed E-state index contributed by atoms with van der Waals surface area (Å²) in [5, 5.41) is 19.0. The molecule has 0 aliphatic carbocycles. The smallest absolute Gasteiger partial charge is 0.396 e. The van der Waals surface area contributed by atoms with Crippen LogP contribution in [0.4, 0.5) is 14.6 Å². The van der Waals surface area contributed by atoms with E-state index >= 15 is 8.78 Å². The lowest BCUT2D eigenvalue weighted by atomic mass is 9.97. The number of aliphatic hydroxyl groups is 1. The van der Waals surface area contributed by atoms with Gasteiger partial charge in [0.2, 0.25) is 7.66 Å². The minimum atomic E-state index is -5.11. The predicted octanol–water partition coefficient (Wildman–Crippen LogP) is 1.37. The number of halogens is 2. The number of anilines is 1. The van der Waals surface area contributed by atoms with Gasteiger partial charge in [-0.3, -0.25) is 32.5 Å². The zero-order valence-electron chi connectivity index (χ0n) is 22.2. The van der Waals surface area contributed by atoms with Gasteiger partial charge in [0, 0.05) is 30.5 Å². The third-order valence-electron chi connectivity index (χ3n) is 7.00. The Morgan fingerprint density at radius 2 is 1.93 bits per heavy atom. The molecule has 0 amide bonds. The number of nitrogens with two attached hydrogens (primary N) is 1. The number of aromatic amines is 1. The normalized spacial score (nSPS) is 30.3. The highest BCUT2D eigenvalue weighted by Gasteiger charge is 2.52. The fourth-order valence-corrected chi connectivity index (χ4v) is 7.07. The Morgan fingerprint density at radius 3 is 2.64 bits per heavy atom. The molecule has 2 saturated heterocycles. The van der Waals surface area contributed by atoms with Gasteiger partial charge in [-0.1, -0.05) is 11.4 Å². The fourth-order valence-electron chi connectivity index (χ4n) is 4.98. The molecule has 0 bridgehead atoms. The molecule has 23 heteroatoms. The molecule has 0 aromatic carbocycles. The van der Waals surface area contributed by atoms with E-state index in [-0.39, 0.29) is 36.8 Å². The lowest BCUT2D eigenvalue weighted by Gasteiger charge is -2.25. The molecule has 5 rings (SSSR count). The molecular weight excluding hydrogens is 658 g/mol. The average Bonchev–Trinajstić information content (AvgIpc) is 3.66. The van der Waals surface area contributed by atoms with E-state index in [4.69, 9.17) is 24.3 Å². The minimum Gasteiger partial charge on any atom is -0.396 e. The van der Waals surface area contributed by atoms with E-state index < -0.39 is 81.3 Å². The molecule has 18 nitrogen and oxygen atoms in total. The molecule has 0 saturated carbocycles. The number of phosphoric acid groups is 1. The highest BCUT2D eigenvalue weighted by Crippen LogP contribution is 2.54. The average molecular weight is 683 g/mol. The number of aliphatic hydroxyl groups excluding tert-OH is 1. The summed E-state index contributed by atoms with van der Waals surface area (Å²) in [5.41, 5.74) is 4.45. The highest BCUT2D eigenvalue weighted by molar-refractivity contribution is 8.45. The first-order chi connectivity index (χ1) is 21.1. The van der Waals surface area contributed by atoms with Crippen molar-refractivity contribution < 1.29 is 51.5 Å². The molecule has 3 aromatic rings. The van der Waals surface area contributed by atoms with Gasteiger partial charge in [-0.15, -0.1) is 4.67 Å². The molecule has 1 unspecified atom stereocenters. The summed E-state index contributed by atoms with van der Waals surface area (Å²) in [4.78, 5) is 37.8. The van der Waals surface area contributed by atoms with Gasteiger partial charge in [-0.25, -0.2) is 38.3 Å². The van der Waals surface area contributed by atoms with Crippen molar-refractivity contribution in [3.8, 4) is 0 Å². The van der Waals surface area contributed by atoms with Crippen LogP contribution in [0.2, 0.25) is 0 Å². The van der Waals surface area contributed by atoms with Crippen LogP contribution >= 0.6 is 26.9 Å². The van der Waals surface area contributed by atoms with Crippen LogP contribution < -0.4 is 17.0 Å². The highest BCUT2D eigenvalue weighted by atomic mass is 32.7. The van der Waals surface area contributed by atoms with Crippen LogP contribution in [0.3, 0.4) is 0 Å². The van der Waals surface area contributed by atoms with Crippen LogP contribution in [0.5, 0.6) is 0 Å². The number of imidazole rings is 1. The number of alkyl halides is 2. The number of nitrogens with zero attached hydrogens (tertiary/aromatic N) is 5. The second-order valence-corrected chi connectivity index (χ2v) is 13.0. The van der Waals surface area contributed by atoms with E-state index in [1.807, 2.05) is 4.98 Å². The van der Waals surface area contributed by atoms with Crippen LogP contribution in [0.15, 0.2) is 34.5 Å². The van der Waals surface area contributed by atoms with E-state index in [9.17, 15) is 29.1 Å². The maximum atomic E-state index is 15.7. The Hall–Kier alpha value is -2.71. The van der Waals surface area contributed by atoms with Crippen molar-refractivity contribution in [3.63, 3.8) is 0 Å². The number of phosphoric ester groups is 1. The summed E-state index contributed by atoms with van der Waals surface area (Å²) in [6.07, 6.45) is -8.10. The lowest BCUT2D eigenvalue weighted by molar-refractivity contribution is -0.177. The van der Waals surface area contributed by atoms with Crippen LogP contribution in [0, 0.1) is 5.92 Å². The van der Waals surface area contributed by atoms with Crippen LogP contribution in [-0.4, -0.2) is 89.1 Å². The Balaban J connectivity index is 1.36. The van der Waals surface area contributed by atoms with Crippen LogP contribution in [0.25, 0.3) is 11.2 Å². The maximum absolute atomic E-state index is 15.7. The van der Waals surface area contributed by atoms with Crippen LogP contribution in [0.1, 0.15) is 18.9 Å². The van der Waals surface area contributed by atoms with Gasteiger partial charge in [-0.2, -0.15) is 0 Å².